The Hall–Kier alpha value is 0.650. The molecule has 0 fully saturated rings. The summed E-state index contributed by atoms with van der Waals surface area (Å²) in [7, 11) is -3.81. The monoisotopic (exact) mass is 244 g/mol. The van der Waals surface area contributed by atoms with Gasteiger partial charge in [0, 0.05) is 0 Å². The van der Waals surface area contributed by atoms with Crippen LogP contribution in [0.4, 0.5) is 0 Å². The molecule has 5 heteroatoms. The summed E-state index contributed by atoms with van der Waals surface area (Å²) in [5, 5.41) is 0. The average Bonchev–Trinajstić information content (AvgIpc) is 2.08. The van der Waals surface area contributed by atoms with Crippen molar-refractivity contribution in [2.45, 2.75) is 45.4 Å². The predicted molar refractivity (Wildman–Crippen MR) is 66.1 cm³/mol. The van der Waals surface area contributed by atoms with E-state index in [0.717, 1.165) is 12.8 Å². The quantitative estimate of drug-likeness (QED) is 0.308. The second kappa shape index (κ2) is 11.1. The third kappa shape index (κ3) is 17.3. The van der Waals surface area contributed by atoms with E-state index in [2.05, 4.69) is 6.92 Å². The molecule has 86 valence electrons. The van der Waals surface area contributed by atoms with E-state index >= 15 is 0 Å². The Labute approximate surface area is 115 Å². The molecule has 1 N–H and O–H groups in total. The van der Waals surface area contributed by atoms with Crippen LogP contribution in [0.15, 0.2) is 12.2 Å². The first-order valence-electron chi connectivity index (χ1n) is 5.16. The third-order valence-corrected chi connectivity index (χ3v) is 2.56. The van der Waals surface area contributed by atoms with Crippen molar-refractivity contribution in [3.8, 4) is 0 Å². The zero-order valence-corrected chi connectivity index (χ0v) is 9.59. The molecule has 0 amide bonds. The number of unbranched alkanes of at least 4 members (excludes halogenated alkanes) is 5. The fraction of sp³-hybridized carbons (Fsp3) is 0.800. The molecule has 0 radical (unpaired) electrons. The summed E-state index contributed by atoms with van der Waals surface area (Å²) in [4.78, 5) is 0. The van der Waals surface area contributed by atoms with E-state index in [4.69, 9.17) is 4.55 Å². The normalized spacial score (nSPS) is 11.6. The van der Waals surface area contributed by atoms with Crippen LogP contribution in [0.3, 0.4) is 0 Å². The van der Waals surface area contributed by atoms with Crippen molar-refractivity contribution in [2.75, 3.05) is 5.75 Å². The minimum atomic E-state index is -3.81. The Bertz CT molecular complexity index is 247. The van der Waals surface area contributed by atoms with Crippen LogP contribution in [-0.4, -0.2) is 48.3 Å². The Morgan fingerprint density at radius 2 is 1.67 bits per heavy atom. The average molecular weight is 244 g/mol. The fourth-order valence-corrected chi connectivity index (χ4v) is 1.55. The molecule has 0 aromatic heterocycles. The van der Waals surface area contributed by atoms with Crippen molar-refractivity contribution >= 4 is 39.7 Å². The summed E-state index contributed by atoms with van der Waals surface area (Å²) in [5.74, 6) is -0.262. The van der Waals surface area contributed by atoms with Gasteiger partial charge in [0.25, 0.3) is 10.1 Å². The van der Waals surface area contributed by atoms with Crippen LogP contribution >= 0.6 is 0 Å². The molecule has 15 heavy (non-hydrogen) atoms. The van der Waals surface area contributed by atoms with Crippen molar-refractivity contribution in [1.29, 1.82) is 0 Å². The van der Waals surface area contributed by atoms with E-state index in [0.29, 0.717) is 0 Å². The van der Waals surface area contributed by atoms with E-state index in [1.165, 1.54) is 31.8 Å². The third-order valence-electron chi connectivity index (χ3n) is 1.95. The SMILES string of the molecule is CCCCCCCC=CCS(=O)(=O)O.[NaH]. The van der Waals surface area contributed by atoms with Crippen LogP contribution in [0, 0.1) is 0 Å². The second-order valence-electron chi connectivity index (χ2n) is 3.42. The summed E-state index contributed by atoms with van der Waals surface area (Å²) in [6, 6.07) is 0. The van der Waals surface area contributed by atoms with Gasteiger partial charge in [-0.3, -0.25) is 4.55 Å². The number of hydrogen-bond acceptors (Lipinski definition) is 2. The van der Waals surface area contributed by atoms with Gasteiger partial charge in [-0.25, -0.2) is 0 Å². The van der Waals surface area contributed by atoms with Crippen LogP contribution < -0.4 is 0 Å². The molecule has 0 heterocycles. The zero-order chi connectivity index (χ0) is 10.9. The Kier molecular flexibility index (Phi) is 13.4. The van der Waals surface area contributed by atoms with Gasteiger partial charge in [0.2, 0.25) is 0 Å². The molecule has 0 spiro atoms. The van der Waals surface area contributed by atoms with Gasteiger partial charge in [-0.15, -0.1) is 0 Å². The summed E-state index contributed by atoms with van der Waals surface area (Å²) >= 11 is 0. The van der Waals surface area contributed by atoms with Crippen LogP contribution in [0.5, 0.6) is 0 Å². The number of hydrogen-bond donors (Lipinski definition) is 1. The molecule has 0 aromatic rings. The summed E-state index contributed by atoms with van der Waals surface area (Å²) in [5.41, 5.74) is 0. The molecule has 0 aromatic carbocycles. The summed E-state index contributed by atoms with van der Waals surface area (Å²) in [6.07, 6.45) is 10.3. The van der Waals surface area contributed by atoms with Crippen LogP contribution in [0.25, 0.3) is 0 Å². The van der Waals surface area contributed by atoms with Crippen LogP contribution in [0.2, 0.25) is 0 Å². The van der Waals surface area contributed by atoms with Crippen molar-refractivity contribution in [2.24, 2.45) is 0 Å². The van der Waals surface area contributed by atoms with Gasteiger partial charge in [-0.2, -0.15) is 8.42 Å². The second-order valence-corrected chi connectivity index (χ2v) is 4.92. The first-order chi connectivity index (χ1) is 6.56. The van der Waals surface area contributed by atoms with E-state index < -0.39 is 10.1 Å². The van der Waals surface area contributed by atoms with E-state index in [1.807, 2.05) is 6.08 Å². The van der Waals surface area contributed by atoms with Gasteiger partial charge < -0.3 is 0 Å². The number of rotatable bonds is 8. The maximum atomic E-state index is 10.3. The van der Waals surface area contributed by atoms with Crippen molar-refractivity contribution in [1.82, 2.24) is 0 Å². The molecule has 0 aliphatic rings. The van der Waals surface area contributed by atoms with Crippen molar-refractivity contribution in [3.63, 3.8) is 0 Å². The molecule has 0 rings (SSSR count). The molecule has 0 saturated heterocycles. The van der Waals surface area contributed by atoms with Gasteiger partial charge in [-0.05, 0) is 12.8 Å². The Balaban J connectivity index is 0. The van der Waals surface area contributed by atoms with Gasteiger partial charge in [0.15, 0.2) is 0 Å². The zero-order valence-electron chi connectivity index (χ0n) is 8.78. The molecular weight excluding hydrogens is 223 g/mol. The predicted octanol–water partition coefficient (Wildman–Crippen LogP) is 2.14. The van der Waals surface area contributed by atoms with Gasteiger partial charge in [-0.1, -0.05) is 44.8 Å². The van der Waals surface area contributed by atoms with Crippen LogP contribution in [-0.2, 0) is 10.1 Å². The van der Waals surface area contributed by atoms with Crippen LogP contribution in [0.1, 0.15) is 45.4 Å². The molecule has 0 aliphatic carbocycles. The first kappa shape index (κ1) is 18.0. The molecule has 0 atom stereocenters. The molecule has 0 unspecified atom stereocenters. The van der Waals surface area contributed by atoms with Crippen molar-refractivity contribution < 1.29 is 13.0 Å². The fourth-order valence-electron chi connectivity index (χ4n) is 1.17. The minimum absolute atomic E-state index is 0. The van der Waals surface area contributed by atoms with Crippen molar-refractivity contribution in [3.05, 3.63) is 12.2 Å². The summed E-state index contributed by atoms with van der Waals surface area (Å²) < 4.78 is 29.0. The Morgan fingerprint density at radius 3 is 2.20 bits per heavy atom. The van der Waals surface area contributed by atoms with Gasteiger partial charge in [0.05, 0.1) is 5.75 Å². The van der Waals surface area contributed by atoms with E-state index in [1.54, 1.807) is 0 Å². The first-order valence-corrected chi connectivity index (χ1v) is 6.77. The molecular formula is C10H21NaO3S. The molecule has 0 aliphatic heterocycles. The Morgan fingerprint density at radius 1 is 1.07 bits per heavy atom. The van der Waals surface area contributed by atoms with E-state index in [9.17, 15) is 8.42 Å². The number of allylic oxidation sites excluding steroid dienone is 1. The van der Waals surface area contributed by atoms with Gasteiger partial charge in [0.1, 0.15) is 0 Å². The molecule has 0 saturated carbocycles. The standard InChI is InChI=1S/C10H20O3S.Na.H/c1-2-3-4-5-6-7-8-9-10-14(11,12)13;;/h8-9H,2-7,10H2,1H3,(H,11,12,13);;. The maximum absolute atomic E-state index is 10.3. The molecule has 3 nitrogen and oxygen atoms in total. The van der Waals surface area contributed by atoms with Gasteiger partial charge >= 0.3 is 29.6 Å². The molecule has 0 bridgehead atoms. The van der Waals surface area contributed by atoms with E-state index in [-0.39, 0.29) is 35.3 Å². The summed E-state index contributed by atoms with van der Waals surface area (Å²) in [6.45, 7) is 2.17. The topological polar surface area (TPSA) is 54.4 Å².